The van der Waals surface area contributed by atoms with Crippen molar-refractivity contribution in [2.75, 3.05) is 11.9 Å². The van der Waals surface area contributed by atoms with E-state index >= 15 is 0 Å². The Labute approximate surface area is 136 Å². The molecule has 6 heteroatoms. The summed E-state index contributed by atoms with van der Waals surface area (Å²) >= 11 is 0. The Balaban J connectivity index is 1.70. The van der Waals surface area contributed by atoms with Crippen LogP contribution in [0.15, 0.2) is 12.1 Å². The highest BCUT2D eigenvalue weighted by Gasteiger charge is 2.10. The normalized spacial score (nSPS) is 11.3. The average molecular weight is 312 g/mol. The summed E-state index contributed by atoms with van der Waals surface area (Å²) in [7, 11) is 0. The summed E-state index contributed by atoms with van der Waals surface area (Å²) < 4.78 is 3.97. The Bertz CT molecular complexity index is 843. The van der Waals surface area contributed by atoms with Crippen LogP contribution in [0.3, 0.4) is 0 Å². The van der Waals surface area contributed by atoms with Crippen LogP contribution in [0.1, 0.15) is 34.8 Å². The fourth-order valence-electron chi connectivity index (χ4n) is 2.82. The zero-order chi connectivity index (χ0) is 16.6. The van der Waals surface area contributed by atoms with Gasteiger partial charge in [-0.05, 0) is 47.1 Å². The maximum atomic E-state index is 4.59. The maximum Gasteiger partial charge on any atom is 0.160 e. The largest absolute Gasteiger partial charge is 0.370 e. The number of nitrogens with zero attached hydrogens (tertiary/aromatic N) is 5. The van der Waals surface area contributed by atoms with Crippen molar-refractivity contribution in [3.05, 3.63) is 40.5 Å². The first-order chi connectivity index (χ1) is 11.0. The van der Waals surface area contributed by atoms with Crippen LogP contribution in [-0.4, -0.2) is 30.9 Å². The van der Waals surface area contributed by atoms with E-state index in [9.17, 15) is 0 Å². The highest BCUT2D eigenvalue weighted by atomic mass is 15.3. The Morgan fingerprint density at radius 3 is 2.48 bits per heavy atom. The van der Waals surface area contributed by atoms with Crippen molar-refractivity contribution in [2.24, 2.45) is 0 Å². The molecule has 1 N–H and O–H groups in total. The van der Waals surface area contributed by atoms with Crippen LogP contribution < -0.4 is 5.32 Å². The number of anilines is 1. The second-order valence-electron chi connectivity index (χ2n) is 6.16. The van der Waals surface area contributed by atoms with Crippen LogP contribution in [0.5, 0.6) is 0 Å². The Kier molecular flexibility index (Phi) is 4.07. The summed E-state index contributed by atoms with van der Waals surface area (Å²) in [5.74, 6) is 0.997. The molecule has 0 unspecified atom stereocenters. The molecule has 0 atom stereocenters. The minimum absolute atomic E-state index is 0.870. The number of hydrogen-bond acceptors (Lipinski definition) is 4. The molecule has 6 nitrogen and oxygen atoms in total. The predicted molar refractivity (Wildman–Crippen MR) is 92.0 cm³/mol. The quantitative estimate of drug-likeness (QED) is 0.736. The van der Waals surface area contributed by atoms with E-state index in [0.717, 1.165) is 53.6 Å². The second kappa shape index (κ2) is 6.02. The maximum absolute atomic E-state index is 4.59. The molecule has 0 spiro atoms. The fraction of sp³-hybridized carbons (Fsp3) is 0.471. The lowest BCUT2D eigenvalue weighted by atomic mass is 10.3. The molecule has 0 radical (unpaired) electrons. The van der Waals surface area contributed by atoms with Gasteiger partial charge in [-0.15, -0.1) is 0 Å². The van der Waals surface area contributed by atoms with Crippen molar-refractivity contribution in [1.29, 1.82) is 0 Å². The molecular weight excluding hydrogens is 288 g/mol. The van der Waals surface area contributed by atoms with Gasteiger partial charge in [-0.3, -0.25) is 4.68 Å². The van der Waals surface area contributed by atoms with Gasteiger partial charge in [0.15, 0.2) is 5.65 Å². The predicted octanol–water partition coefficient (Wildman–Crippen LogP) is 2.97. The fourth-order valence-corrected chi connectivity index (χ4v) is 2.82. The summed E-state index contributed by atoms with van der Waals surface area (Å²) in [5, 5.41) is 12.6. The number of aryl methyl sites for hydroxylation is 6. The zero-order valence-electron chi connectivity index (χ0n) is 14.5. The summed E-state index contributed by atoms with van der Waals surface area (Å²) in [6.45, 7) is 12.0. The standard InChI is InChI=1S/C17H24N6/c1-11-10-16(23-17(19-11)14(4)15(5)21-23)18-7-6-8-22-13(3)9-12(2)20-22/h9-10,18H,6-8H2,1-5H3. The monoisotopic (exact) mass is 312 g/mol. The smallest absolute Gasteiger partial charge is 0.160 e. The highest BCUT2D eigenvalue weighted by Crippen LogP contribution is 2.18. The van der Waals surface area contributed by atoms with Crippen LogP contribution in [-0.2, 0) is 6.54 Å². The third kappa shape index (κ3) is 3.06. The lowest BCUT2D eigenvalue weighted by Gasteiger charge is -2.10. The molecule has 0 aliphatic heterocycles. The Hall–Kier alpha value is -2.37. The zero-order valence-corrected chi connectivity index (χ0v) is 14.5. The number of aromatic nitrogens is 5. The van der Waals surface area contributed by atoms with Gasteiger partial charge in [0.2, 0.25) is 0 Å². The van der Waals surface area contributed by atoms with Crippen LogP contribution in [0, 0.1) is 34.6 Å². The summed E-state index contributed by atoms with van der Waals surface area (Å²) in [4.78, 5) is 4.59. The van der Waals surface area contributed by atoms with E-state index in [2.05, 4.69) is 45.1 Å². The van der Waals surface area contributed by atoms with Gasteiger partial charge in [0.05, 0.1) is 11.4 Å². The van der Waals surface area contributed by atoms with E-state index in [4.69, 9.17) is 0 Å². The SMILES string of the molecule is Cc1cc(NCCCn2nc(C)cc2C)n2nc(C)c(C)c2n1. The molecule has 0 bridgehead atoms. The molecule has 122 valence electrons. The minimum atomic E-state index is 0.870. The molecule has 3 aromatic rings. The van der Waals surface area contributed by atoms with Gasteiger partial charge in [0.25, 0.3) is 0 Å². The minimum Gasteiger partial charge on any atom is -0.370 e. The van der Waals surface area contributed by atoms with Gasteiger partial charge in [-0.1, -0.05) is 0 Å². The molecule has 0 aromatic carbocycles. The number of fused-ring (bicyclic) bond motifs is 1. The Morgan fingerprint density at radius 1 is 1.00 bits per heavy atom. The molecule has 0 saturated heterocycles. The molecule has 0 saturated carbocycles. The van der Waals surface area contributed by atoms with Gasteiger partial charge < -0.3 is 5.32 Å². The molecule has 0 aliphatic carbocycles. The van der Waals surface area contributed by atoms with E-state index in [1.165, 1.54) is 5.69 Å². The van der Waals surface area contributed by atoms with Crippen molar-refractivity contribution < 1.29 is 0 Å². The Morgan fingerprint density at radius 2 is 1.78 bits per heavy atom. The summed E-state index contributed by atoms with van der Waals surface area (Å²) in [6.07, 6.45) is 1.00. The molecule has 3 heterocycles. The van der Waals surface area contributed by atoms with Crippen molar-refractivity contribution in [3.8, 4) is 0 Å². The third-order valence-electron chi connectivity index (χ3n) is 4.14. The lowest BCUT2D eigenvalue weighted by Crippen LogP contribution is -2.12. The van der Waals surface area contributed by atoms with Crippen molar-refractivity contribution in [1.82, 2.24) is 24.4 Å². The van der Waals surface area contributed by atoms with E-state index in [-0.39, 0.29) is 0 Å². The van der Waals surface area contributed by atoms with Gasteiger partial charge in [0.1, 0.15) is 5.82 Å². The topological polar surface area (TPSA) is 60.0 Å². The average Bonchev–Trinajstić information content (AvgIpc) is 2.96. The van der Waals surface area contributed by atoms with Crippen LogP contribution >= 0.6 is 0 Å². The molecule has 0 aliphatic rings. The van der Waals surface area contributed by atoms with Crippen molar-refractivity contribution >= 4 is 11.5 Å². The van der Waals surface area contributed by atoms with Crippen molar-refractivity contribution in [3.63, 3.8) is 0 Å². The highest BCUT2D eigenvalue weighted by molar-refractivity contribution is 5.55. The number of nitrogens with one attached hydrogen (secondary N) is 1. The first-order valence-corrected chi connectivity index (χ1v) is 8.04. The first kappa shape index (κ1) is 15.5. The van der Waals surface area contributed by atoms with Crippen LogP contribution in [0.25, 0.3) is 5.65 Å². The summed E-state index contributed by atoms with van der Waals surface area (Å²) in [5.41, 5.74) is 6.38. The first-order valence-electron chi connectivity index (χ1n) is 8.04. The van der Waals surface area contributed by atoms with Gasteiger partial charge in [-0.2, -0.15) is 14.7 Å². The molecule has 0 fully saturated rings. The van der Waals surface area contributed by atoms with Gasteiger partial charge >= 0.3 is 0 Å². The molecule has 3 aromatic heterocycles. The summed E-state index contributed by atoms with van der Waals surface area (Å²) in [6, 6.07) is 4.15. The number of rotatable bonds is 5. The number of hydrogen-bond donors (Lipinski definition) is 1. The molecule has 23 heavy (non-hydrogen) atoms. The van der Waals surface area contributed by atoms with Gasteiger partial charge in [0, 0.05) is 36.1 Å². The van der Waals surface area contributed by atoms with E-state index in [0.29, 0.717) is 0 Å². The van der Waals surface area contributed by atoms with Crippen molar-refractivity contribution in [2.45, 2.75) is 47.6 Å². The van der Waals surface area contributed by atoms with Crippen LogP contribution in [0.2, 0.25) is 0 Å². The van der Waals surface area contributed by atoms with E-state index in [1.54, 1.807) is 0 Å². The molecule has 3 rings (SSSR count). The third-order valence-corrected chi connectivity index (χ3v) is 4.14. The van der Waals surface area contributed by atoms with Gasteiger partial charge in [-0.25, -0.2) is 4.98 Å². The van der Waals surface area contributed by atoms with Crippen LogP contribution in [0.4, 0.5) is 5.82 Å². The molecule has 0 amide bonds. The lowest BCUT2D eigenvalue weighted by molar-refractivity contribution is 0.573. The van der Waals surface area contributed by atoms with E-state index < -0.39 is 0 Å². The molecular formula is C17H24N6. The second-order valence-corrected chi connectivity index (χ2v) is 6.16. The van der Waals surface area contributed by atoms with E-state index in [1.807, 2.05) is 31.4 Å².